The van der Waals surface area contributed by atoms with E-state index in [2.05, 4.69) is 24.5 Å². The predicted molar refractivity (Wildman–Crippen MR) is 73.8 cm³/mol. The number of aryl methyl sites for hydroxylation is 1. The van der Waals surface area contributed by atoms with Crippen LogP contribution in [0.4, 0.5) is 0 Å². The molecule has 1 aromatic carbocycles. The van der Waals surface area contributed by atoms with Gasteiger partial charge in [0.2, 0.25) is 0 Å². The zero-order valence-electron chi connectivity index (χ0n) is 11.2. The number of carbonyl (C=O) groups is 1. The summed E-state index contributed by atoms with van der Waals surface area (Å²) < 4.78 is 0. The van der Waals surface area contributed by atoms with E-state index in [1.807, 2.05) is 24.3 Å². The van der Waals surface area contributed by atoms with Gasteiger partial charge in [-0.25, -0.2) is 0 Å². The van der Waals surface area contributed by atoms with Crippen molar-refractivity contribution >= 4 is 5.91 Å². The number of amides is 1. The lowest BCUT2D eigenvalue weighted by molar-refractivity contribution is 0.0927. The molecule has 3 nitrogen and oxygen atoms in total. The fourth-order valence-electron chi connectivity index (χ4n) is 2.44. The highest BCUT2D eigenvalue weighted by molar-refractivity contribution is 5.95. The van der Waals surface area contributed by atoms with E-state index in [-0.39, 0.29) is 11.9 Å². The van der Waals surface area contributed by atoms with Crippen LogP contribution in [0.1, 0.15) is 42.6 Å². The van der Waals surface area contributed by atoms with Gasteiger partial charge < -0.3 is 10.6 Å². The van der Waals surface area contributed by atoms with Crippen molar-refractivity contribution in [2.75, 3.05) is 6.54 Å². The molecular formula is C15H22N2O. The van der Waals surface area contributed by atoms with E-state index in [1.54, 1.807) is 0 Å². The molecule has 1 aliphatic rings. The number of hydrogen-bond acceptors (Lipinski definition) is 2. The molecular weight excluding hydrogens is 224 g/mol. The minimum Gasteiger partial charge on any atom is -0.348 e. The average molecular weight is 246 g/mol. The second-order valence-electron chi connectivity index (χ2n) is 5.07. The molecule has 3 heteroatoms. The topological polar surface area (TPSA) is 41.1 Å². The number of hydrogen-bond donors (Lipinski definition) is 2. The van der Waals surface area contributed by atoms with Crippen molar-refractivity contribution in [1.82, 2.24) is 10.6 Å². The molecule has 2 rings (SSSR count). The van der Waals surface area contributed by atoms with Crippen LogP contribution in [-0.2, 0) is 6.42 Å². The van der Waals surface area contributed by atoms with Gasteiger partial charge in [0.05, 0.1) is 0 Å². The van der Waals surface area contributed by atoms with Gasteiger partial charge in [-0.15, -0.1) is 0 Å². The van der Waals surface area contributed by atoms with Crippen LogP contribution >= 0.6 is 0 Å². The van der Waals surface area contributed by atoms with E-state index in [0.29, 0.717) is 6.04 Å². The van der Waals surface area contributed by atoms with E-state index in [4.69, 9.17) is 0 Å². The Kier molecular flexibility index (Phi) is 4.37. The maximum absolute atomic E-state index is 12.2. The van der Waals surface area contributed by atoms with Gasteiger partial charge in [0, 0.05) is 24.2 Å². The molecule has 18 heavy (non-hydrogen) atoms. The third-order valence-electron chi connectivity index (χ3n) is 3.64. The summed E-state index contributed by atoms with van der Waals surface area (Å²) in [5, 5.41) is 6.53. The highest BCUT2D eigenvalue weighted by atomic mass is 16.1. The summed E-state index contributed by atoms with van der Waals surface area (Å²) >= 11 is 0. The molecule has 0 bridgehead atoms. The van der Waals surface area contributed by atoms with Crippen LogP contribution in [0.25, 0.3) is 0 Å². The zero-order valence-corrected chi connectivity index (χ0v) is 11.2. The van der Waals surface area contributed by atoms with Crippen molar-refractivity contribution in [1.29, 1.82) is 0 Å². The molecule has 1 saturated heterocycles. The van der Waals surface area contributed by atoms with Gasteiger partial charge in [-0.05, 0) is 37.8 Å². The molecule has 2 N–H and O–H groups in total. The van der Waals surface area contributed by atoms with Crippen molar-refractivity contribution in [3.05, 3.63) is 35.4 Å². The second-order valence-corrected chi connectivity index (χ2v) is 5.07. The predicted octanol–water partition coefficient (Wildman–Crippen LogP) is 2.12. The molecule has 1 amide bonds. The zero-order chi connectivity index (χ0) is 13.0. The minimum atomic E-state index is 0.0637. The summed E-state index contributed by atoms with van der Waals surface area (Å²) in [4.78, 5) is 12.2. The van der Waals surface area contributed by atoms with Crippen molar-refractivity contribution in [2.45, 2.75) is 45.2 Å². The van der Waals surface area contributed by atoms with Crippen LogP contribution < -0.4 is 10.6 Å². The summed E-state index contributed by atoms with van der Waals surface area (Å²) in [6, 6.07) is 8.68. The molecule has 0 saturated carbocycles. The molecule has 98 valence electrons. The number of rotatable bonds is 3. The van der Waals surface area contributed by atoms with Gasteiger partial charge in [0.1, 0.15) is 0 Å². The average Bonchev–Trinajstić information content (AvgIpc) is 2.41. The molecule has 1 aliphatic heterocycles. The standard InChI is InChI=1S/C15H22N2O/c1-3-12-6-4-5-7-14(12)15(18)17-13-9-8-11(2)16-10-13/h4-7,11,13,16H,3,8-10H2,1-2H3,(H,17,18). The summed E-state index contributed by atoms with van der Waals surface area (Å²) in [5.41, 5.74) is 1.94. The van der Waals surface area contributed by atoms with Gasteiger partial charge in [-0.2, -0.15) is 0 Å². The smallest absolute Gasteiger partial charge is 0.251 e. The summed E-state index contributed by atoms with van der Waals surface area (Å²) in [7, 11) is 0. The van der Waals surface area contributed by atoms with Gasteiger partial charge in [0.25, 0.3) is 5.91 Å². The first-order chi connectivity index (χ1) is 8.70. The molecule has 0 spiro atoms. The number of piperidine rings is 1. The Labute approximate surface area is 109 Å². The summed E-state index contributed by atoms with van der Waals surface area (Å²) in [6.45, 7) is 5.14. The normalized spacial score (nSPS) is 23.7. The van der Waals surface area contributed by atoms with Crippen LogP contribution in [-0.4, -0.2) is 24.5 Å². The Balaban J connectivity index is 1.99. The molecule has 0 aliphatic carbocycles. The Morgan fingerprint density at radius 2 is 2.17 bits per heavy atom. The maximum atomic E-state index is 12.2. The third-order valence-corrected chi connectivity index (χ3v) is 3.64. The van der Waals surface area contributed by atoms with Gasteiger partial charge in [-0.3, -0.25) is 4.79 Å². The van der Waals surface area contributed by atoms with Crippen molar-refractivity contribution in [3.8, 4) is 0 Å². The molecule has 2 atom stereocenters. The fraction of sp³-hybridized carbons (Fsp3) is 0.533. The highest BCUT2D eigenvalue weighted by Gasteiger charge is 2.20. The van der Waals surface area contributed by atoms with Crippen LogP contribution in [0.2, 0.25) is 0 Å². The quantitative estimate of drug-likeness (QED) is 0.857. The van der Waals surface area contributed by atoms with Crippen LogP contribution in [0.3, 0.4) is 0 Å². The van der Waals surface area contributed by atoms with Gasteiger partial charge >= 0.3 is 0 Å². The Bertz CT molecular complexity index is 409. The lowest BCUT2D eigenvalue weighted by atomic mass is 10.0. The molecule has 1 fully saturated rings. The van der Waals surface area contributed by atoms with Crippen molar-refractivity contribution in [2.24, 2.45) is 0 Å². The summed E-state index contributed by atoms with van der Waals surface area (Å²) in [6.07, 6.45) is 3.08. The summed E-state index contributed by atoms with van der Waals surface area (Å²) in [5.74, 6) is 0.0637. The minimum absolute atomic E-state index is 0.0637. The van der Waals surface area contributed by atoms with Crippen molar-refractivity contribution < 1.29 is 4.79 Å². The van der Waals surface area contributed by atoms with E-state index in [1.165, 1.54) is 0 Å². The Hall–Kier alpha value is -1.35. The van der Waals surface area contributed by atoms with E-state index >= 15 is 0 Å². The first kappa shape index (κ1) is 13.1. The van der Waals surface area contributed by atoms with Gasteiger partial charge in [-0.1, -0.05) is 25.1 Å². The Morgan fingerprint density at radius 3 is 2.83 bits per heavy atom. The van der Waals surface area contributed by atoms with E-state index < -0.39 is 0 Å². The number of carbonyl (C=O) groups excluding carboxylic acids is 1. The maximum Gasteiger partial charge on any atom is 0.251 e. The third kappa shape index (κ3) is 3.10. The Morgan fingerprint density at radius 1 is 1.39 bits per heavy atom. The molecule has 0 radical (unpaired) electrons. The van der Waals surface area contributed by atoms with Crippen LogP contribution in [0.15, 0.2) is 24.3 Å². The van der Waals surface area contributed by atoms with Crippen molar-refractivity contribution in [3.63, 3.8) is 0 Å². The molecule has 2 unspecified atom stereocenters. The lowest BCUT2D eigenvalue weighted by Crippen LogP contribution is -2.48. The monoisotopic (exact) mass is 246 g/mol. The van der Waals surface area contributed by atoms with E-state index in [0.717, 1.165) is 36.9 Å². The molecule has 0 aromatic heterocycles. The number of nitrogens with one attached hydrogen (secondary N) is 2. The first-order valence-corrected chi connectivity index (χ1v) is 6.83. The van der Waals surface area contributed by atoms with Crippen LogP contribution in [0.5, 0.6) is 0 Å². The highest BCUT2D eigenvalue weighted by Crippen LogP contribution is 2.12. The number of benzene rings is 1. The SMILES string of the molecule is CCc1ccccc1C(=O)NC1CCC(C)NC1. The molecule has 1 heterocycles. The second kappa shape index (κ2) is 6.01. The first-order valence-electron chi connectivity index (χ1n) is 6.83. The van der Waals surface area contributed by atoms with E-state index in [9.17, 15) is 4.79 Å². The lowest BCUT2D eigenvalue weighted by Gasteiger charge is -2.28. The fourth-order valence-corrected chi connectivity index (χ4v) is 2.44. The van der Waals surface area contributed by atoms with Crippen LogP contribution in [0, 0.1) is 0 Å². The molecule has 1 aromatic rings. The van der Waals surface area contributed by atoms with Gasteiger partial charge in [0.15, 0.2) is 0 Å². The largest absolute Gasteiger partial charge is 0.348 e.